The summed E-state index contributed by atoms with van der Waals surface area (Å²) in [5.41, 5.74) is 13.6. The maximum Gasteiger partial charge on any atom is 0.0715 e. The number of thiophene rings is 1. The minimum absolute atomic E-state index is 0.948. The Labute approximate surface area is 333 Å². The molecule has 57 heavy (non-hydrogen) atoms. The highest BCUT2D eigenvalue weighted by Gasteiger charge is 2.26. The van der Waals surface area contributed by atoms with Crippen LogP contribution in [0, 0.1) is 0 Å². The van der Waals surface area contributed by atoms with Crippen LogP contribution in [0.3, 0.4) is 0 Å². The molecule has 0 aliphatic carbocycles. The summed E-state index contributed by atoms with van der Waals surface area (Å²) in [6.45, 7) is 0. The largest absolute Gasteiger partial charge is 0.308 e. The quantitative estimate of drug-likeness (QED) is 0.172. The fourth-order valence-electron chi connectivity index (χ4n) is 9.01. The Hall–Kier alpha value is -7.27. The van der Waals surface area contributed by atoms with E-state index in [4.69, 9.17) is 4.98 Å². The predicted octanol–water partition coefficient (Wildman–Crippen LogP) is 14.6. The number of hydrogen-bond acceptors (Lipinski definition) is 2. The second-order valence-corrected chi connectivity index (χ2v) is 15.7. The van der Waals surface area contributed by atoms with Crippen LogP contribution in [0.15, 0.2) is 200 Å². The van der Waals surface area contributed by atoms with Crippen molar-refractivity contribution in [3.63, 3.8) is 0 Å². The molecule has 0 atom stereocenters. The first-order valence-corrected chi connectivity index (χ1v) is 20.2. The van der Waals surface area contributed by atoms with Gasteiger partial charge >= 0.3 is 0 Å². The lowest BCUT2D eigenvalue weighted by Crippen LogP contribution is -1.96. The van der Waals surface area contributed by atoms with Crippen molar-refractivity contribution in [3.05, 3.63) is 200 Å². The van der Waals surface area contributed by atoms with Crippen LogP contribution in [0.5, 0.6) is 0 Å². The Morgan fingerprint density at radius 1 is 0.351 bits per heavy atom. The summed E-state index contributed by atoms with van der Waals surface area (Å²) in [6, 6.07) is 72.1. The van der Waals surface area contributed by atoms with E-state index in [9.17, 15) is 0 Å². The summed E-state index contributed by atoms with van der Waals surface area (Å²) < 4.78 is 7.61. The maximum absolute atomic E-state index is 5.25. The highest BCUT2D eigenvalue weighted by atomic mass is 32.1. The molecule has 12 rings (SSSR count). The zero-order chi connectivity index (χ0) is 37.5. The van der Waals surface area contributed by atoms with E-state index in [0.29, 0.717) is 0 Å². The van der Waals surface area contributed by atoms with Crippen molar-refractivity contribution >= 4 is 75.1 Å². The summed E-state index contributed by atoms with van der Waals surface area (Å²) in [5, 5.41) is 7.69. The van der Waals surface area contributed by atoms with Crippen LogP contribution in [0.25, 0.3) is 109 Å². The molecule has 0 aliphatic heterocycles. The first-order chi connectivity index (χ1) is 28.3. The van der Waals surface area contributed by atoms with Crippen molar-refractivity contribution in [2.45, 2.75) is 0 Å². The monoisotopic (exact) mass is 743 g/mol. The molecule has 0 radical (unpaired) electrons. The summed E-state index contributed by atoms with van der Waals surface area (Å²) in [6.07, 6.45) is 0. The predicted molar refractivity (Wildman–Crippen MR) is 242 cm³/mol. The second kappa shape index (κ2) is 12.6. The van der Waals surface area contributed by atoms with E-state index in [0.717, 1.165) is 39.5 Å². The number of rotatable bonds is 5. The molecule has 4 heteroatoms. The Morgan fingerprint density at radius 2 is 0.807 bits per heavy atom. The number of para-hydroxylation sites is 3. The fourth-order valence-corrected chi connectivity index (χ4v) is 10.3. The van der Waals surface area contributed by atoms with E-state index >= 15 is 0 Å². The zero-order valence-electron chi connectivity index (χ0n) is 30.8. The van der Waals surface area contributed by atoms with E-state index in [2.05, 4.69) is 209 Å². The highest BCUT2D eigenvalue weighted by Crippen LogP contribution is 2.51. The van der Waals surface area contributed by atoms with E-state index in [1.165, 1.54) is 69.3 Å². The lowest BCUT2D eigenvalue weighted by atomic mass is 10.00. The molecule has 0 aliphatic rings. The topological polar surface area (TPSA) is 22.8 Å². The lowest BCUT2D eigenvalue weighted by Gasteiger charge is -2.13. The van der Waals surface area contributed by atoms with Crippen LogP contribution in [-0.2, 0) is 0 Å². The number of fused-ring (bicyclic) bond motifs is 12. The lowest BCUT2D eigenvalue weighted by molar-refractivity contribution is 1.18. The van der Waals surface area contributed by atoms with E-state index in [1.807, 2.05) is 11.3 Å². The Morgan fingerprint density at radius 3 is 1.44 bits per heavy atom. The summed E-state index contributed by atoms with van der Waals surface area (Å²) in [7, 11) is 0. The third kappa shape index (κ3) is 4.88. The van der Waals surface area contributed by atoms with Crippen LogP contribution in [-0.4, -0.2) is 14.1 Å². The van der Waals surface area contributed by atoms with Crippen LogP contribution < -0.4 is 0 Å². The molecular formula is C53H33N3S. The molecule has 0 saturated heterocycles. The zero-order valence-corrected chi connectivity index (χ0v) is 31.6. The summed E-state index contributed by atoms with van der Waals surface area (Å²) >= 11 is 1.91. The highest BCUT2D eigenvalue weighted by molar-refractivity contribution is 7.27. The van der Waals surface area contributed by atoms with Gasteiger partial charge in [-0.05, 0) is 65.7 Å². The molecule has 12 aromatic rings. The van der Waals surface area contributed by atoms with E-state index in [1.54, 1.807) is 0 Å². The molecule has 0 amide bonds. The van der Waals surface area contributed by atoms with Gasteiger partial charge in [-0.2, -0.15) is 0 Å². The van der Waals surface area contributed by atoms with Crippen LogP contribution >= 0.6 is 11.3 Å². The number of benzene rings is 8. The molecule has 4 heterocycles. The summed E-state index contributed by atoms with van der Waals surface area (Å²) in [5.74, 6) is 0. The van der Waals surface area contributed by atoms with Crippen LogP contribution in [0.4, 0.5) is 0 Å². The minimum Gasteiger partial charge on any atom is -0.308 e. The number of nitrogens with zero attached hydrogens (tertiary/aromatic N) is 3. The molecule has 8 aromatic carbocycles. The first kappa shape index (κ1) is 32.0. The van der Waals surface area contributed by atoms with Gasteiger partial charge in [-0.3, -0.25) is 0 Å². The van der Waals surface area contributed by atoms with Crippen molar-refractivity contribution < 1.29 is 0 Å². The molecule has 0 saturated carbocycles. The normalized spacial score (nSPS) is 11.9. The third-order valence-electron chi connectivity index (χ3n) is 11.5. The third-order valence-corrected chi connectivity index (χ3v) is 12.7. The van der Waals surface area contributed by atoms with E-state index < -0.39 is 0 Å². The van der Waals surface area contributed by atoms with Gasteiger partial charge < -0.3 is 9.13 Å². The molecule has 0 spiro atoms. The van der Waals surface area contributed by atoms with Gasteiger partial charge in [0.05, 0.1) is 33.5 Å². The average molecular weight is 744 g/mol. The van der Waals surface area contributed by atoms with Gasteiger partial charge in [-0.25, -0.2) is 4.98 Å². The van der Waals surface area contributed by atoms with Gasteiger partial charge in [0.2, 0.25) is 0 Å². The van der Waals surface area contributed by atoms with Crippen LogP contribution in [0.2, 0.25) is 0 Å². The molecule has 4 aromatic heterocycles. The van der Waals surface area contributed by atoms with Crippen molar-refractivity contribution in [1.82, 2.24) is 14.1 Å². The number of hydrogen-bond donors (Lipinski definition) is 0. The second-order valence-electron chi connectivity index (χ2n) is 14.7. The molecule has 3 nitrogen and oxygen atoms in total. The molecule has 0 unspecified atom stereocenters. The summed E-state index contributed by atoms with van der Waals surface area (Å²) in [4.78, 5) is 5.25. The van der Waals surface area contributed by atoms with Gasteiger partial charge in [-0.15, -0.1) is 11.3 Å². The SMILES string of the molecule is c1ccc(-c2cc(-c3ccccc3)nc(-c3ccc(-n4c5ccccc5c5c6c(c7ccccc7n6-c6ccccc6)c6sc7ccccc7c6c54)cc3)c2)cc1. The molecular weight excluding hydrogens is 711 g/mol. The molecule has 0 fully saturated rings. The smallest absolute Gasteiger partial charge is 0.0715 e. The Kier molecular flexibility index (Phi) is 7.10. The maximum atomic E-state index is 5.25. The first-order valence-electron chi connectivity index (χ1n) is 19.4. The standard InChI is InChI=1S/C53H33N3S/c1-4-16-34(17-5-1)37-32-43(35-18-6-2-7-19-35)54-44(33-37)36-28-30-39(31-29-36)56-45-25-13-10-22-40(45)48-51-49(53-50(52(48)56)42-24-12-15-27-47(42)57-53)41-23-11-14-26-46(41)55(51)38-20-8-3-9-21-38/h1-33H. The van der Waals surface area contributed by atoms with Crippen molar-refractivity contribution in [2.75, 3.05) is 0 Å². The molecule has 266 valence electrons. The number of pyridine rings is 1. The average Bonchev–Trinajstić information content (AvgIpc) is 3.95. The Bertz CT molecular complexity index is 3430. The van der Waals surface area contributed by atoms with Gasteiger partial charge in [-0.1, -0.05) is 146 Å². The van der Waals surface area contributed by atoms with Crippen molar-refractivity contribution in [1.29, 1.82) is 0 Å². The van der Waals surface area contributed by atoms with Gasteiger partial charge in [0, 0.05) is 64.2 Å². The van der Waals surface area contributed by atoms with E-state index in [-0.39, 0.29) is 0 Å². The minimum atomic E-state index is 0.948. The molecule has 0 N–H and O–H groups in total. The molecule has 0 bridgehead atoms. The number of aromatic nitrogens is 3. The van der Waals surface area contributed by atoms with Gasteiger partial charge in [0.25, 0.3) is 0 Å². The fraction of sp³-hybridized carbons (Fsp3) is 0. The van der Waals surface area contributed by atoms with Gasteiger partial charge in [0.15, 0.2) is 0 Å². The van der Waals surface area contributed by atoms with Crippen molar-refractivity contribution in [2.24, 2.45) is 0 Å². The van der Waals surface area contributed by atoms with Crippen molar-refractivity contribution in [3.8, 4) is 45.0 Å². The Balaban J connectivity index is 1.16. The van der Waals surface area contributed by atoms with Crippen LogP contribution in [0.1, 0.15) is 0 Å². The van der Waals surface area contributed by atoms with Gasteiger partial charge in [0.1, 0.15) is 0 Å².